The summed E-state index contributed by atoms with van der Waals surface area (Å²) in [5, 5.41) is 20.9. The minimum atomic E-state index is -0.877. The van der Waals surface area contributed by atoms with Crippen molar-refractivity contribution < 1.29 is 15.0 Å². The smallest absolute Gasteiger partial charge is 0.320 e. The fourth-order valence-corrected chi connectivity index (χ4v) is 1.19. The van der Waals surface area contributed by atoms with Crippen LogP contribution in [-0.2, 0) is 4.79 Å². The summed E-state index contributed by atoms with van der Waals surface area (Å²) in [5.41, 5.74) is -0.635. The first-order valence-electron chi connectivity index (χ1n) is 4.22. The lowest BCUT2D eigenvalue weighted by atomic mass is 9.80. The molecule has 1 unspecified atom stereocenters. The lowest BCUT2D eigenvalue weighted by Gasteiger charge is -2.37. The Bertz CT molecular complexity index is 177. The molecule has 1 fully saturated rings. The van der Waals surface area contributed by atoms with Crippen LogP contribution < -0.4 is 5.32 Å². The standard InChI is InChI=1S/C8H15NO3/c1-6(7(10)11)9-5-8(12)3-2-4-8/h6,9,12H,2-5H2,1H3,(H,10,11). The summed E-state index contributed by atoms with van der Waals surface area (Å²) in [7, 11) is 0. The van der Waals surface area contributed by atoms with Crippen molar-refractivity contribution in [3.05, 3.63) is 0 Å². The zero-order chi connectivity index (χ0) is 9.19. The number of aliphatic hydroxyl groups is 1. The number of carboxylic acid groups (broad SMARTS) is 1. The first kappa shape index (κ1) is 9.48. The van der Waals surface area contributed by atoms with Crippen LogP contribution in [0.15, 0.2) is 0 Å². The van der Waals surface area contributed by atoms with E-state index < -0.39 is 17.6 Å². The molecule has 70 valence electrons. The van der Waals surface area contributed by atoms with Crippen LogP contribution in [0.25, 0.3) is 0 Å². The molecule has 0 aromatic carbocycles. The van der Waals surface area contributed by atoms with E-state index in [0.29, 0.717) is 6.54 Å². The van der Waals surface area contributed by atoms with Crippen LogP contribution in [0.1, 0.15) is 26.2 Å². The molecule has 0 radical (unpaired) electrons. The SMILES string of the molecule is CC(NCC1(O)CCC1)C(=O)O. The molecule has 4 heteroatoms. The van der Waals surface area contributed by atoms with E-state index in [0.717, 1.165) is 19.3 Å². The highest BCUT2D eigenvalue weighted by molar-refractivity contribution is 5.72. The number of rotatable bonds is 4. The van der Waals surface area contributed by atoms with Crippen LogP contribution in [0.5, 0.6) is 0 Å². The molecule has 1 aliphatic rings. The summed E-state index contributed by atoms with van der Waals surface area (Å²) >= 11 is 0. The van der Waals surface area contributed by atoms with Crippen LogP contribution in [-0.4, -0.2) is 34.4 Å². The summed E-state index contributed by atoms with van der Waals surface area (Å²) in [6.45, 7) is 1.96. The molecular formula is C8H15NO3. The van der Waals surface area contributed by atoms with Crippen LogP contribution >= 0.6 is 0 Å². The average Bonchev–Trinajstić information content (AvgIpc) is 1.96. The van der Waals surface area contributed by atoms with Gasteiger partial charge in [0.15, 0.2) is 0 Å². The van der Waals surface area contributed by atoms with E-state index in [4.69, 9.17) is 5.11 Å². The normalized spacial score (nSPS) is 22.8. The number of aliphatic carboxylic acids is 1. The summed E-state index contributed by atoms with van der Waals surface area (Å²) < 4.78 is 0. The molecule has 1 saturated carbocycles. The predicted molar refractivity (Wildman–Crippen MR) is 43.9 cm³/mol. The van der Waals surface area contributed by atoms with Gasteiger partial charge in [0, 0.05) is 6.54 Å². The molecule has 3 N–H and O–H groups in total. The fourth-order valence-electron chi connectivity index (χ4n) is 1.19. The highest BCUT2D eigenvalue weighted by Crippen LogP contribution is 2.30. The topological polar surface area (TPSA) is 69.6 Å². The third kappa shape index (κ3) is 2.19. The second-order valence-corrected chi connectivity index (χ2v) is 3.52. The van der Waals surface area contributed by atoms with E-state index in [-0.39, 0.29) is 0 Å². The van der Waals surface area contributed by atoms with Crippen molar-refractivity contribution >= 4 is 5.97 Å². The Morgan fingerprint density at radius 1 is 1.67 bits per heavy atom. The number of nitrogens with one attached hydrogen (secondary N) is 1. The van der Waals surface area contributed by atoms with Gasteiger partial charge in [-0.25, -0.2) is 0 Å². The van der Waals surface area contributed by atoms with Gasteiger partial charge in [0.05, 0.1) is 5.60 Å². The first-order valence-corrected chi connectivity index (χ1v) is 4.22. The molecule has 0 spiro atoms. The molecule has 0 saturated heterocycles. The van der Waals surface area contributed by atoms with Gasteiger partial charge in [-0.1, -0.05) is 0 Å². The highest BCUT2D eigenvalue weighted by atomic mass is 16.4. The van der Waals surface area contributed by atoms with E-state index in [9.17, 15) is 9.90 Å². The van der Waals surface area contributed by atoms with Crippen LogP contribution in [0.4, 0.5) is 0 Å². The maximum absolute atomic E-state index is 10.4. The van der Waals surface area contributed by atoms with E-state index >= 15 is 0 Å². The van der Waals surface area contributed by atoms with Gasteiger partial charge in [-0.3, -0.25) is 4.79 Å². The quantitative estimate of drug-likeness (QED) is 0.558. The molecule has 0 aromatic heterocycles. The molecule has 0 bridgehead atoms. The van der Waals surface area contributed by atoms with Crippen LogP contribution in [0.3, 0.4) is 0 Å². The zero-order valence-electron chi connectivity index (χ0n) is 7.21. The first-order chi connectivity index (χ1) is 5.53. The van der Waals surface area contributed by atoms with Gasteiger partial charge in [-0.05, 0) is 26.2 Å². The van der Waals surface area contributed by atoms with Crippen molar-refractivity contribution in [1.82, 2.24) is 5.32 Å². The summed E-state index contributed by atoms with van der Waals surface area (Å²) in [4.78, 5) is 10.4. The van der Waals surface area contributed by atoms with Gasteiger partial charge in [-0.15, -0.1) is 0 Å². The van der Waals surface area contributed by atoms with Gasteiger partial charge < -0.3 is 15.5 Å². The van der Waals surface area contributed by atoms with Crippen molar-refractivity contribution in [2.45, 2.75) is 37.8 Å². The van der Waals surface area contributed by atoms with Crippen LogP contribution in [0, 0.1) is 0 Å². The third-order valence-electron chi connectivity index (χ3n) is 2.39. The van der Waals surface area contributed by atoms with Crippen molar-refractivity contribution in [1.29, 1.82) is 0 Å². The maximum atomic E-state index is 10.4. The van der Waals surface area contributed by atoms with Crippen molar-refractivity contribution in [3.8, 4) is 0 Å². The molecule has 1 rings (SSSR count). The van der Waals surface area contributed by atoms with Gasteiger partial charge >= 0.3 is 5.97 Å². The molecule has 12 heavy (non-hydrogen) atoms. The Balaban J connectivity index is 2.20. The molecule has 0 amide bonds. The van der Waals surface area contributed by atoms with Crippen molar-refractivity contribution in [2.75, 3.05) is 6.54 Å². The monoisotopic (exact) mass is 173 g/mol. The van der Waals surface area contributed by atoms with Crippen LogP contribution in [0.2, 0.25) is 0 Å². The van der Waals surface area contributed by atoms with Gasteiger partial charge in [0.25, 0.3) is 0 Å². The Morgan fingerprint density at radius 2 is 2.25 bits per heavy atom. The number of hydrogen-bond acceptors (Lipinski definition) is 3. The molecule has 0 aromatic rings. The van der Waals surface area contributed by atoms with Gasteiger partial charge in [0.2, 0.25) is 0 Å². The molecule has 1 atom stereocenters. The van der Waals surface area contributed by atoms with E-state index in [1.54, 1.807) is 6.92 Å². The fraction of sp³-hybridized carbons (Fsp3) is 0.875. The zero-order valence-corrected chi connectivity index (χ0v) is 7.21. The minimum Gasteiger partial charge on any atom is -0.480 e. The summed E-state index contributed by atoms with van der Waals surface area (Å²) in [6, 6.07) is -0.574. The predicted octanol–water partition coefficient (Wildman–Crippen LogP) is -0.0359. The molecule has 0 aliphatic heterocycles. The Kier molecular flexibility index (Phi) is 2.69. The average molecular weight is 173 g/mol. The number of carboxylic acids is 1. The number of carbonyl (C=O) groups is 1. The lowest BCUT2D eigenvalue weighted by Crippen LogP contribution is -2.49. The van der Waals surface area contributed by atoms with Gasteiger partial charge in [0.1, 0.15) is 6.04 Å². The van der Waals surface area contributed by atoms with E-state index in [1.165, 1.54) is 0 Å². The Morgan fingerprint density at radius 3 is 2.58 bits per heavy atom. The molecular weight excluding hydrogens is 158 g/mol. The second kappa shape index (κ2) is 3.41. The molecule has 1 aliphatic carbocycles. The summed E-state index contributed by atoms with van der Waals surface area (Å²) in [5.74, 6) is -0.877. The highest BCUT2D eigenvalue weighted by Gasteiger charge is 2.34. The molecule has 0 heterocycles. The van der Waals surface area contributed by atoms with E-state index in [1.807, 2.05) is 0 Å². The van der Waals surface area contributed by atoms with Crippen molar-refractivity contribution in [2.24, 2.45) is 0 Å². The Labute approximate surface area is 71.6 Å². The maximum Gasteiger partial charge on any atom is 0.320 e. The third-order valence-corrected chi connectivity index (χ3v) is 2.39. The largest absolute Gasteiger partial charge is 0.480 e. The van der Waals surface area contributed by atoms with Gasteiger partial charge in [-0.2, -0.15) is 0 Å². The lowest BCUT2D eigenvalue weighted by molar-refractivity contribution is -0.139. The number of hydrogen-bond donors (Lipinski definition) is 3. The Hall–Kier alpha value is -0.610. The minimum absolute atomic E-state index is 0.389. The molecule has 4 nitrogen and oxygen atoms in total. The second-order valence-electron chi connectivity index (χ2n) is 3.52. The van der Waals surface area contributed by atoms with Crippen molar-refractivity contribution in [3.63, 3.8) is 0 Å². The summed E-state index contributed by atoms with van der Waals surface area (Å²) in [6.07, 6.45) is 2.61. The van der Waals surface area contributed by atoms with E-state index in [2.05, 4.69) is 5.32 Å².